The molecule has 1 saturated carbocycles. The molecule has 1 aromatic heterocycles. The van der Waals surface area contributed by atoms with E-state index in [2.05, 4.69) is 4.72 Å². The molecule has 0 radical (unpaired) electrons. The second-order valence-electron chi connectivity index (χ2n) is 11.7. The number of hydrogen-bond acceptors (Lipinski definition) is 7. The molecule has 1 saturated heterocycles. The summed E-state index contributed by atoms with van der Waals surface area (Å²) in [6.07, 6.45) is 7.13. The van der Waals surface area contributed by atoms with Crippen LogP contribution in [0.2, 0.25) is 0 Å². The first-order valence-corrected chi connectivity index (χ1v) is 17.8. The summed E-state index contributed by atoms with van der Waals surface area (Å²) in [7, 11) is -3.61. The number of morpholine rings is 1. The highest BCUT2D eigenvalue weighted by Gasteiger charge is 2.34. The van der Waals surface area contributed by atoms with Crippen molar-refractivity contribution in [2.24, 2.45) is 0 Å². The highest BCUT2D eigenvalue weighted by Crippen LogP contribution is 2.47. The van der Waals surface area contributed by atoms with Crippen molar-refractivity contribution in [2.45, 2.75) is 44.6 Å². The van der Waals surface area contributed by atoms with Crippen molar-refractivity contribution in [3.8, 4) is 17.0 Å². The third-order valence-electron chi connectivity index (χ3n) is 8.87. The molecule has 44 heavy (non-hydrogen) atoms. The van der Waals surface area contributed by atoms with E-state index >= 15 is 0 Å². The van der Waals surface area contributed by atoms with Gasteiger partial charge in [-0.05, 0) is 66.3 Å². The van der Waals surface area contributed by atoms with Gasteiger partial charge in [0, 0.05) is 49.2 Å². The number of nitrogens with one attached hydrogen (secondary N) is 1. The van der Waals surface area contributed by atoms with Gasteiger partial charge in [0.1, 0.15) is 5.75 Å². The monoisotopic (exact) mass is 642 g/mol. The first kappa shape index (κ1) is 30.8. The Morgan fingerprint density at radius 3 is 2.41 bits per heavy atom. The van der Waals surface area contributed by atoms with Crippen LogP contribution in [0.5, 0.6) is 5.75 Å². The van der Waals surface area contributed by atoms with E-state index in [1.165, 1.54) is 24.8 Å². The first-order chi connectivity index (χ1) is 21.0. The molecule has 2 aliphatic heterocycles. The predicted molar refractivity (Wildman–Crippen MR) is 169 cm³/mol. The summed E-state index contributed by atoms with van der Waals surface area (Å²) in [6, 6.07) is 10.9. The maximum Gasteiger partial charge on any atom is 0.303 e. The van der Waals surface area contributed by atoms with Gasteiger partial charge in [-0.1, -0.05) is 25.3 Å². The third-order valence-corrected chi connectivity index (χ3v) is 12.2. The van der Waals surface area contributed by atoms with E-state index in [0.29, 0.717) is 24.5 Å². The first-order valence-electron chi connectivity index (χ1n) is 14.9. The maximum absolute atomic E-state index is 14.1. The fraction of sp³-hybridized carbons (Fsp3) is 0.452. The molecule has 1 amide bonds. The van der Waals surface area contributed by atoms with Gasteiger partial charge < -0.3 is 14.0 Å². The number of methoxy groups -OCH3 is 1. The molecule has 2 fully saturated rings. The molecule has 1 N–H and O–H groups in total. The van der Waals surface area contributed by atoms with Crippen LogP contribution in [0.4, 0.5) is 0 Å². The molecule has 3 heterocycles. The summed E-state index contributed by atoms with van der Waals surface area (Å²) in [6.45, 7) is 1.24. The SMILES string of the molecule is COc1ccc2c(c1)C=C(S(=O)(=O)N1CCOCC1)Cn1c-2c(C2CCCCC2)c2ccc(C(=O)NS(=O)(=O)N(C)C)cc21. The van der Waals surface area contributed by atoms with Gasteiger partial charge in [0.2, 0.25) is 10.0 Å². The van der Waals surface area contributed by atoms with Crippen molar-refractivity contribution >= 4 is 43.1 Å². The smallest absolute Gasteiger partial charge is 0.303 e. The fourth-order valence-corrected chi connectivity index (χ4v) is 8.59. The second kappa shape index (κ2) is 11.9. The Morgan fingerprint density at radius 1 is 1.00 bits per heavy atom. The zero-order valence-corrected chi connectivity index (χ0v) is 26.8. The van der Waals surface area contributed by atoms with Crippen LogP contribution < -0.4 is 9.46 Å². The largest absolute Gasteiger partial charge is 0.497 e. The Morgan fingerprint density at radius 2 is 1.73 bits per heavy atom. The lowest BCUT2D eigenvalue weighted by atomic mass is 9.81. The molecule has 6 rings (SSSR count). The van der Waals surface area contributed by atoms with Crippen LogP contribution >= 0.6 is 0 Å². The maximum atomic E-state index is 14.1. The van der Waals surface area contributed by atoms with Crippen molar-refractivity contribution < 1.29 is 31.1 Å². The number of benzene rings is 2. The van der Waals surface area contributed by atoms with Gasteiger partial charge in [0.05, 0.1) is 37.5 Å². The fourth-order valence-electron chi connectivity index (χ4n) is 6.53. The van der Waals surface area contributed by atoms with Gasteiger partial charge in [0.25, 0.3) is 5.91 Å². The number of ether oxygens (including phenoxy) is 2. The second-order valence-corrected chi connectivity index (χ2v) is 15.6. The average molecular weight is 643 g/mol. The molecule has 3 aliphatic rings. The molecule has 0 bridgehead atoms. The van der Waals surface area contributed by atoms with Crippen LogP contribution in [0.3, 0.4) is 0 Å². The number of carbonyl (C=O) groups is 1. The molecule has 0 spiro atoms. The van der Waals surface area contributed by atoms with E-state index in [0.717, 1.165) is 57.8 Å². The number of carbonyl (C=O) groups excluding carboxylic acids is 1. The highest BCUT2D eigenvalue weighted by atomic mass is 32.2. The predicted octanol–water partition coefficient (Wildman–Crippen LogP) is 3.92. The molecular weight excluding hydrogens is 604 g/mol. The topological polar surface area (TPSA) is 127 Å². The van der Waals surface area contributed by atoms with Gasteiger partial charge in [0.15, 0.2) is 0 Å². The van der Waals surface area contributed by atoms with E-state index < -0.39 is 26.1 Å². The molecule has 1 aliphatic carbocycles. The van der Waals surface area contributed by atoms with Crippen molar-refractivity contribution in [2.75, 3.05) is 47.5 Å². The highest BCUT2D eigenvalue weighted by molar-refractivity contribution is 7.93. The van der Waals surface area contributed by atoms with Crippen molar-refractivity contribution in [1.29, 1.82) is 0 Å². The standard InChI is InChI=1S/C31H38N4O7S2/c1-33(2)44(39,40)32-31(36)22-9-11-27-28(19-22)35-20-25(43(37,38)34-13-15-42-16-14-34)18-23-17-24(41-3)10-12-26(23)30(35)29(27)21-7-5-4-6-8-21/h9-12,17-19,21H,4-8,13-16,20H2,1-3H3,(H,32,36). The van der Waals surface area contributed by atoms with Crippen LogP contribution in [-0.4, -0.2) is 83.4 Å². The van der Waals surface area contributed by atoms with Gasteiger partial charge >= 0.3 is 10.2 Å². The van der Waals surface area contributed by atoms with Crippen LogP contribution in [0, 0.1) is 0 Å². The van der Waals surface area contributed by atoms with Gasteiger partial charge in [-0.2, -0.15) is 17.0 Å². The third kappa shape index (κ3) is 5.56. The van der Waals surface area contributed by atoms with E-state index in [4.69, 9.17) is 9.47 Å². The van der Waals surface area contributed by atoms with E-state index in [9.17, 15) is 21.6 Å². The summed E-state index contributed by atoms with van der Waals surface area (Å²) in [5.41, 5.74) is 4.53. The Kier molecular flexibility index (Phi) is 8.35. The lowest BCUT2D eigenvalue weighted by Gasteiger charge is -2.27. The number of hydrogen-bond donors (Lipinski definition) is 1. The number of fused-ring (bicyclic) bond motifs is 5. The summed E-state index contributed by atoms with van der Waals surface area (Å²) in [5.74, 6) is 0.113. The minimum Gasteiger partial charge on any atom is -0.497 e. The zero-order chi connectivity index (χ0) is 31.2. The molecule has 2 aromatic carbocycles. The average Bonchev–Trinajstić information content (AvgIpc) is 3.23. The minimum atomic E-state index is -4.01. The molecule has 236 valence electrons. The normalized spacial score (nSPS) is 18.4. The van der Waals surface area contributed by atoms with Crippen molar-refractivity contribution in [3.63, 3.8) is 0 Å². The lowest BCUT2D eigenvalue weighted by molar-refractivity contribution is 0.0734. The number of amides is 1. The minimum absolute atomic E-state index is 0.0519. The van der Waals surface area contributed by atoms with E-state index in [1.54, 1.807) is 25.3 Å². The van der Waals surface area contributed by atoms with Crippen LogP contribution in [0.1, 0.15) is 59.5 Å². The number of allylic oxidation sites excluding steroid dienone is 1. The molecule has 3 aromatic rings. The van der Waals surface area contributed by atoms with Gasteiger partial charge in [-0.25, -0.2) is 13.1 Å². The number of aromatic nitrogens is 1. The Bertz CT molecular complexity index is 1850. The Hall–Kier alpha value is -3.23. The van der Waals surface area contributed by atoms with Crippen LogP contribution in [-0.2, 0) is 31.5 Å². The van der Waals surface area contributed by atoms with E-state index in [-0.39, 0.29) is 36.0 Å². The summed E-state index contributed by atoms with van der Waals surface area (Å²) < 4.78 is 70.6. The lowest BCUT2D eigenvalue weighted by Crippen LogP contribution is -2.41. The van der Waals surface area contributed by atoms with Crippen LogP contribution in [0.15, 0.2) is 41.3 Å². The van der Waals surface area contributed by atoms with E-state index in [1.807, 2.05) is 28.8 Å². The van der Waals surface area contributed by atoms with Crippen molar-refractivity contribution in [1.82, 2.24) is 17.9 Å². The Balaban J connectivity index is 1.59. The van der Waals surface area contributed by atoms with Crippen LogP contribution in [0.25, 0.3) is 28.2 Å². The number of rotatable bonds is 7. The molecule has 0 atom stereocenters. The van der Waals surface area contributed by atoms with Gasteiger partial charge in [-0.3, -0.25) is 4.79 Å². The van der Waals surface area contributed by atoms with Crippen molar-refractivity contribution in [3.05, 3.63) is 58.0 Å². The van der Waals surface area contributed by atoms with Gasteiger partial charge in [-0.15, -0.1) is 0 Å². The number of nitrogens with zero attached hydrogens (tertiary/aromatic N) is 3. The summed E-state index contributed by atoms with van der Waals surface area (Å²) >= 11 is 0. The molecule has 11 nitrogen and oxygen atoms in total. The molecular formula is C31H38N4O7S2. The quantitative estimate of drug-likeness (QED) is 0.414. The molecule has 0 unspecified atom stereocenters. The summed E-state index contributed by atoms with van der Waals surface area (Å²) in [5, 5.41) is 0.936. The Labute approximate surface area is 258 Å². The summed E-state index contributed by atoms with van der Waals surface area (Å²) in [4.78, 5) is 13.4. The molecule has 13 heteroatoms. The number of sulfonamides is 1. The zero-order valence-electron chi connectivity index (χ0n) is 25.2.